The maximum absolute atomic E-state index is 14.2. The Morgan fingerprint density at radius 3 is 2.63 bits per heavy atom. The quantitative estimate of drug-likeness (QED) is 0.324. The molecule has 1 fully saturated rings. The summed E-state index contributed by atoms with van der Waals surface area (Å²) in [5.41, 5.74) is 3.97. The van der Waals surface area contributed by atoms with Crippen LogP contribution in [0.4, 0.5) is 13.2 Å². The number of carbonyl (C=O) groups excluding carboxylic acids is 1. The number of aromatic nitrogens is 2. The lowest BCUT2D eigenvalue weighted by Crippen LogP contribution is -2.46. The first-order valence-corrected chi connectivity index (χ1v) is 12.1. The Bertz CT molecular complexity index is 1410. The molecular formula is C26H20F3N3O2S. The third-order valence-electron chi connectivity index (χ3n) is 6.67. The summed E-state index contributed by atoms with van der Waals surface area (Å²) < 4.78 is 52.3. The van der Waals surface area contributed by atoms with Gasteiger partial charge in [0, 0.05) is 42.2 Å². The van der Waals surface area contributed by atoms with Gasteiger partial charge in [-0.25, -0.2) is 0 Å². The molecule has 0 amide bonds. The van der Waals surface area contributed by atoms with Gasteiger partial charge in [-0.3, -0.25) is 4.90 Å². The Hall–Kier alpha value is -3.30. The lowest BCUT2D eigenvalue weighted by molar-refractivity contribution is -0.136. The summed E-state index contributed by atoms with van der Waals surface area (Å²) in [5, 5.41) is 4.21. The van der Waals surface area contributed by atoms with E-state index in [0.29, 0.717) is 29.7 Å². The van der Waals surface area contributed by atoms with Crippen LogP contribution in [0.15, 0.2) is 53.1 Å². The first kappa shape index (κ1) is 22.2. The molecule has 0 atom stereocenters. The number of carbonyl (C=O) groups is 1. The predicted octanol–water partition coefficient (Wildman–Crippen LogP) is 5.88. The van der Waals surface area contributed by atoms with E-state index in [1.54, 1.807) is 30.3 Å². The van der Waals surface area contributed by atoms with Crippen LogP contribution in [0.25, 0.3) is 33.2 Å². The zero-order valence-corrected chi connectivity index (χ0v) is 19.3. The standard InChI is InChI=1S/C26H20F3N3O2S/c27-26(28,29)21-22(17-4-2-1-3-5-17)31-35-25(21)24-20-9-7-18-10-15(11-32-12-16(13-32)14-33)6-8-19(18)23(20)30-34-24/h1-6,8,10,14,16H,7,9,11-13H2. The molecule has 178 valence electrons. The molecule has 0 N–H and O–H groups in total. The van der Waals surface area contributed by atoms with Gasteiger partial charge < -0.3 is 9.32 Å². The summed E-state index contributed by atoms with van der Waals surface area (Å²) in [4.78, 5) is 13.0. The van der Waals surface area contributed by atoms with E-state index in [-0.39, 0.29) is 22.2 Å². The first-order valence-electron chi connectivity index (χ1n) is 11.3. The van der Waals surface area contributed by atoms with Crippen LogP contribution in [-0.4, -0.2) is 33.8 Å². The second-order valence-corrected chi connectivity index (χ2v) is 9.79. The molecule has 0 saturated carbocycles. The molecule has 0 radical (unpaired) electrons. The molecule has 6 rings (SSSR count). The summed E-state index contributed by atoms with van der Waals surface area (Å²) in [6.07, 6.45) is -2.36. The average Bonchev–Trinajstić information content (AvgIpc) is 3.46. The van der Waals surface area contributed by atoms with Gasteiger partial charge in [0.25, 0.3) is 0 Å². The second-order valence-electron chi connectivity index (χ2n) is 9.02. The SMILES string of the molecule is O=CC1CN(Cc2ccc3c(c2)CCc2c-3noc2-c2snc(-c3ccccc3)c2C(F)(F)F)C1. The minimum absolute atomic E-state index is 0.0345. The van der Waals surface area contributed by atoms with E-state index in [2.05, 4.69) is 20.5 Å². The normalized spacial score (nSPS) is 16.0. The van der Waals surface area contributed by atoms with Crippen LogP contribution in [-0.2, 0) is 30.4 Å². The van der Waals surface area contributed by atoms with Crippen molar-refractivity contribution >= 4 is 17.8 Å². The second kappa shape index (κ2) is 8.42. The number of halogens is 3. The molecule has 1 saturated heterocycles. The lowest BCUT2D eigenvalue weighted by Gasteiger charge is -2.36. The molecule has 2 aromatic heterocycles. The van der Waals surface area contributed by atoms with E-state index in [1.807, 2.05) is 12.1 Å². The Morgan fingerprint density at radius 1 is 1.09 bits per heavy atom. The zero-order chi connectivity index (χ0) is 24.2. The van der Waals surface area contributed by atoms with E-state index in [1.165, 1.54) is 0 Å². The number of likely N-dealkylation sites (tertiary alicyclic amines) is 1. The highest BCUT2D eigenvalue weighted by molar-refractivity contribution is 7.10. The smallest absolute Gasteiger partial charge is 0.354 e. The number of alkyl halides is 3. The summed E-state index contributed by atoms with van der Waals surface area (Å²) in [5.74, 6) is 0.279. The molecule has 9 heteroatoms. The Morgan fingerprint density at radius 2 is 1.89 bits per heavy atom. The van der Waals surface area contributed by atoms with Crippen LogP contribution < -0.4 is 0 Å². The number of fused-ring (bicyclic) bond motifs is 3. The van der Waals surface area contributed by atoms with E-state index in [9.17, 15) is 18.0 Å². The van der Waals surface area contributed by atoms with Gasteiger partial charge in [0.05, 0.1) is 5.69 Å². The van der Waals surface area contributed by atoms with Crippen molar-refractivity contribution in [3.05, 3.63) is 70.8 Å². The van der Waals surface area contributed by atoms with Crippen molar-refractivity contribution < 1.29 is 22.5 Å². The van der Waals surface area contributed by atoms with Gasteiger partial charge >= 0.3 is 6.18 Å². The number of hydrogen-bond acceptors (Lipinski definition) is 6. The molecule has 0 spiro atoms. The fourth-order valence-electron chi connectivity index (χ4n) is 4.96. The average molecular weight is 496 g/mol. The number of aldehydes is 1. The number of hydrogen-bond donors (Lipinski definition) is 0. The minimum Gasteiger partial charge on any atom is -0.354 e. The summed E-state index contributed by atoms with van der Waals surface area (Å²) in [6.45, 7) is 2.32. The maximum Gasteiger partial charge on any atom is 0.420 e. The Balaban J connectivity index is 1.35. The molecule has 2 aliphatic rings. The van der Waals surface area contributed by atoms with Crippen LogP contribution in [0.2, 0.25) is 0 Å². The first-order chi connectivity index (χ1) is 16.9. The summed E-state index contributed by atoms with van der Waals surface area (Å²) in [7, 11) is 0. The Kier molecular flexibility index (Phi) is 5.34. The molecular weight excluding hydrogens is 475 g/mol. The zero-order valence-electron chi connectivity index (χ0n) is 18.5. The fourth-order valence-corrected chi connectivity index (χ4v) is 5.88. The van der Waals surface area contributed by atoms with E-state index < -0.39 is 11.7 Å². The molecule has 4 aromatic rings. The highest BCUT2D eigenvalue weighted by atomic mass is 32.1. The number of benzene rings is 2. The van der Waals surface area contributed by atoms with Crippen LogP contribution >= 0.6 is 11.5 Å². The highest BCUT2D eigenvalue weighted by Gasteiger charge is 2.42. The van der Waals surface area contributed by atoms with Crippen molar-refractivity contribution in [1.82, 2.24) is 14.4 Å². The number of aryl methyl sites for hydroxylation is 1. The monoisotopic (exact) mass is 495 g/mol. The highest BCUT2D eigenvalue weighted by Crippen LogP contribution is 2.48. The van der Waals surface area contributed by atoms with Crippen molar-refractivity contribution in [2.75, 3.05) is 13.1 Å². The third kappa shape index (κ3) is 3.88. The molecule has 1 aliphatic carbocycles. The van der Waals surface area contributed by atoms with Crippen LogP contribution in [0.3, 0.4) is 0 Å². The topological polar surface area (TPSA) is 59.2 Å². The van der Waals surface area contributed by atoms with Crippen molar-refractivity contribution in [2.45, 2.75) is 25.6 Å². The predicted molar refractivity (Wildman–Crippen MR) is 126 cm³/mol. The van der Waals surface area contributed by atoms with Gasteiger partial charge in [-0.2, -0.15) is 17.5 Å². The van der Waals surface area contributed by atoms with Crippen LogP contribution in [0.5, 0.6) is 0 Å². The number of nitrogens with zero attached hydrogens (tertiary/aromatic N) is 3. The molecule has 5 nitrogen and oxygen atoms in total. The van der Waals surface area contributed by atoms with Crippen molar-refractivity contribution in [3.63, 3.8) is 0 Å². The minimum atomic E-state index is -4.59. The number of rotatable bonds is 5. The van der Waals surface area contributed by atoms with Gasteiger partial charge in [0.15, 0.2) is 5.76 Å². The summed E-state index contributed by atoms with van der Waals surface area (Å²) in [6, 6.07) is 14.5. The van der Waals surface area contributed by atoms with Gasteiger partial charge in [0.1, 0.15) is 22.4 Å². The van der Waals surface area contributed by atoms with Gasteiger partial charge in [0.2, 0.25) is 0 Å². The van der Waals surface area contributed by atoms with Gasteiger partial charge in [-0.1, -0.05) is 53.7 Å². The lowest BCUT2D eigenvalue weighted by atomic mass is 9.87. The molecule has 2 aromatic carbocycles. The molecule has 1 aliphatic heterocycles. The fraction of sp³-hybridized carbons (Fsp3) is 0.269. The molecule has 0 bridgehead atoms. The van der Waals surface area contributed by atoms with Crippen molar-refractivity contribution in [3.8, 4) is 33.2 Å². The van der Waals surface area contributed by atoms with Crippen LogP contribution in [0.1, 0.15) is 22.3 Å². The summed E-state index contributed by atoms with van der Waals surface area (Å²) >= 11 is 0.796. The molecule has 35 heavy (non-hydrogen) atoms. The van der Waals surface area contributed by atoms with E-state index >= 15 is 0 Å². The van der Waals surface area contributed by atoms with E-state index in [4.69, 9.17) is 4.52 Å². The van der Waals surface area contributed by atoms with Crippen molar-refractivity contribution in [2.24, 2.45) is 5.92 Å². The van der Waals surface area contributed by atoms with Gasteiger partial charge in [-0.05, 0) is 35.5 Å². The van der Waals surface area contributed by atoms with Crippen LogP contribution in [0, 0.1) is 5.92 Å². The molecule has 0 unspecified atom stereocenters. The maximum atomic E-state index is 14.2. The van der Waals surface area contributed by atoms with E-state index in [0.717, 1.165) is 54.1 Å². The third-order valence-corrected chi connectivity index (χ3v) is 7.52. The molecule has 3 heterocycles. The van der Waals surface area contributed by atoms with Gasteiger partial charge in [-0.15, -0.1) is 0 Å². The Labute approximate surface area is 203 Å². The largest absolute Gasteiger partial charge is 0.420 e. The van der Waals surface area contributed by atoms with Crippen molar-refractivity contribution in [1.29, 1.82) is 0 Å².